The second-order valence-electron chi connectivity index (χ2n) is 5.15. The number of halogens is 2. The van der Waals surface area contributed by atoms with Gasteiger partial charge >= 0.3 is 12.6 Å². The maximum Gasteiger partial charge on any atom is 0.387 e. The molecule has 0 fully saturated rings. The molecule has 5 nitrogen and oxygen atoms in total. The number of anilines is 1. The molecule has 1 aliphatic heterocycles. The third kappa shape index (κ3) is 3.51. The van der Waals surface area contributed by atoms with Crippen LogP contribution in [0.5, 0.6) is 5.75 Å². The Bertz CT molecular complexity index is 761. The molecular weight excluding hydrogens is 320 g/mol. The fourth-order valence-corrected chi connectivity index (χ4v) is 2.42. The van der Waals surface area contributed by atoms with Gasteiger partial charge in [0.25, 0.3) is 5.91 Å². The number of esters is 1. The van der Waals surface area contributed by atoms with Crippen LogP contribution in [-0.2, 0) is 16.0 Å². The number of ether oxygens (including phenoxy) is 2. The summed E-state index contributed by atoms with van der Waals surface area (Å²) in [6, 6.07) is 12.4. The topological polar surface area (TPSA) is 64.6 Å². The predicted octanol–water partition coefficient (Wildman–Crippen LogP) is 3.01. The van der Waals surface area contributed by atoms with Gasteiger partial charge in [0.1, 0.15) is 5.75 Å². The highest BCUT2D eigenvalue weighted by Crippen LogP contribution is 2.22. The van der Waals surface area contributed by atoms with E-state index in [1.54, 1.807) is 24.3 Å². The van der Waals surface area contributed by atoms with E-state index >= 15 is 0 Å². The van der Waals surface area contributed by atoms with Crippen LogP contribution in [-0.4, -0.2) is 24.6 Å². The summed E-state index contributed by atoms with van der Waals surface area (Å²) < 4.78 is 33.6. The van der Waals surface area contributed by atoms with E-state index in [0.29, 0.717) is 11.3 Å². The molecule has 1 amide bonds. The average Bonchev–Trinajstić information content (AvgIpc) is 2.56. The molecule has 0 saturated heterocycles. The Labute approximate surface area is 136 Å². The van der Waals surface area contributed by atoms with Gasteiger partial charge in [-0.3, -0.25) is 4.79 Å². The third-order valence-electron chi connectivity index (χ3n) is 3.53. The standard InChI is InChI=1S/C17H13F2NO4/c18-17(19)23-12-7-5-11(6-8-12)20-15(21)14-9-10-3-1-2-4-13(10)16(22)24-14/h1-8,14,17H,9H2,(H,20,21)/t14-/m1/s1. The van der Waals surface area contributed by atoms with Crippen molar-refractivity contribution in [3.05, 3.63) is 59.7 Å². The van der Waals surface area contributed by atoms with Gasteiger partial charge in [0.2, 0.25) is 0 Å². The van der Waals surface area contributed by atoms with Gasteiger partial charge in [-0.05, 0) is 35.9 Å². The zero-order valence-electron chi connectivity index (χ0n) is 12.4. The first-order chi connectivity index (χ1) is 11.5. The molecule has 0 saturated carbocycles. The van der Waals surface area contributed by atoms with E-state index in [4.69, 9.17) is 4.74 Å². The lowest BCUT2D eigenvalue weighted by Gasteiger charge is -2.23. The molecule has 3 rings (SSSR count). The smallest absolute Gasteiger partial charge is 0.387 e. The number of hydrogen-bond donors (Lipinski definition) is 1. The summed E-state index contributed by atoms with van der Waals surface area (Å²) in [5.41, 5.74) is 1.58. The van der Waals surface area contributed by atoms with Crippen molar-refractivity contribution < 1.29 is 27.8 Å². The highest BCUT2D eigenvalue weighted by atomic mass is 19.3. The van der Waals surface area contributed by atoms with Crippen LogP contribution in [0.15, 0.2) is 48.5 Å². The number of cyclic esters (lactones) is 1. The monoisotopic (exact) mass is 333 g/mol. The highest BCUT2D eigenvalue weighted by molar-refractivity contribution is 6.00. The van der Waals surface area contributed by atoms with E-state index in [9.17, 15) is 18.4 Å². The van der Waals surface area contributed by atoms with Crippen LogP contribution in [0.2, 0.25) is 0 Å². The Kier molecular flexibility index (Phi) is 4.41. The van der Waals surface area contributed by atoms with Crippen LogP contribution in [0.1, 0.15) is 15.9 Å². The van der Waals surface area contributed by atoms with Crippen LogP contribution in [0.4, 0.5) is 14.5 Å². The number of nitrogens with one attached hydrogen (secondary N) is 1. The number of amides is 1. The maximum absolute atomic E-state index is 12.2. The van der Waals surface area contributed by atoms with Gasteiger partial charge in [0.15, 0.2) is 6.10 Å². The first-order valence-electron chi connectivity index (χ1n) is 7.17. The predicted molar refractivity (Wildman–Crippen MR) is 81.1 cm³/mol. The molecule has 2 aromatic rings. The van der Waals surface area contributed by atoms with Crippen molar-refractivity contribution >= 4 is 17.6 Å². The molecule has 1 atom stereocenters. The molecule has 0 spiro atoms. The molecule has 124 valence electrons. The molecular formula is C17H13F2NO4. The number of carbonyl (C=O) groups is 2. The lowest BCUT2D eigenvalue weighted by atomic mass is 9.98. The van der Waals surface area contributed by atoms with Crippen molar-refractivity contribution in [3.8, 4) is 5.75 Å². The van der Waals surface area contributed by atoms with Crippen LogP contribution in [0.3, 0.4) is 0 Å². The SMILES string of the molecule is O=C1O[C@@H](C(=O)Nc2ccc(OC(F)F)cc2)Cc2ccccc21. The van der Waals surface area contributed by atoms with Gasteiger partial charge in [-0.25, -0.2) is 4.79 Å². The number of rotatable bonds is 4. The van der Waals surface area contributed by atoms with Crippen molar-refractivity contribution in [2.24, 2.45) is 0 Å². The molecule has 1 heterocycles. The lowest BCUT2D eigenvalue weighted by Crippen LogP contribution is -2.37. The molecule has 0 unspecified atom stereocenters. The van der Waals surface area contributed by atoms with Gasteiger partial charge < -0.3 is 14.8 Å². The fourth-order valence-electron chi connectivity index (χ4n) is 2.42. The Balaban J connectivity index is 1.66. The van der Waals surface area contributed by atoms with Gasteiger partial charge in [0.05, 0.1) is 5.56 Å². The number of fused-ring (bicyclic) bond motifs is 1. The number of alkyl halides is 2. The summed E-state index contributed by atoms with van der Waals surface area (Å²) in [5.74, 6) is -1.04. The van der Waals surface area contributed by atoms with Crippen molar-refractivity contribution in [3.63, 3.8) is 0 Å². The Morgan fingerprint density at radius 1 is 1.17 bits per heavy atom. The van der Waals surface area contributed by atoms with Gasteiger partial charge in [0, 0.05) is 12.1 Å². The van der Waals surface area contributed by atoms with Crippen molar-refractivity contribution in [1.29, 1.82) is 0 Å². The average molecular weight is 333 g/mol. The molecule has 1 aliphatic rings. The molecule has 24 heavy (non-hydrogen) atoms. The second kappa shape index (κ2) is 6.66. The van der Waals surface area contributed by atoms with Crippen LogP contribution >= 0.6 is 0 Å². The molecule has 0 aliphatic carbocycles. The summed E-state index contributed by atoms with van der Waals surface area (Å²) >= 11 is 0. The van der Waals surface area contributed by atoms with Crippen molar-refractivity contribution in [2.45, 2.75) is 19.1 Å². The number of hydrogen-bond acceptors (Lipinski definition) is 4. The number of benzene rings is 2. The van der Waals surface area contributed by atoms with Gasteiger partial charge in [-0.2, -0.15) is 8.78 Å². The van der Waals surface area contributed by atoms with Crippen LogP contribution < -0.4 is 10.1 Å². The van der Waals surface area contributed by atoms with Crippen LogP contribution in [0, 0.1) is 0 Å². The van der Waals surface area contributed by atoms with E-state index < -0.39 is 24.6 Å². The molecule has 0 radical (unpaired) electrons. The Hall–Kier alpha value is -2.96. The highest BCUT2D eigenvalue weighted by Gasteiger charge is 2.31. The van der Waals surface area contributed by atoms with Gasteiger partial charge in [-0.1, -0.05) is 18.2 Å². The molecule has 1 N–H and O–H groups in total. The van der Waals surface area contributed by atoms with E-state index in [-0.39, 0.29) is 12.2 Å². The first-order valence-corrected chi connectivity index (χ1v) is 7.17. The summed E-state index contributed by atoms with van der Waals surface area (Å²) in [4.78, 5) is 24.2. The number of carbonyl (C=O) groups excluding carboxylic acids is 2. The third-order valence-corrected chi connectivity index (χ3v) is 3.53. The first kappa shape index (κ1) is 15.9. The zero-order valence-corrected chi connectivity index (χ0v) is 12.4. The molecule has 2 aromatic carbocycles. The Morgan fingerprint density at radius 2 is 1.88 bits per heavy atom. The largest absolute Gasteiger partial charge is 0.448 e. The zero-order chi connectivity index (χ0) is 17.1. The summed E-state index contributed by atoms with van der Waals surface area (Å²) in [6.07, 6.45) is -0.662. The second-order valence-corrected chi connectivity index (χ2v) is 5.15. The lowest BCUT2D eigenvalue weighted by molar-refractivity contribution is -0.125. The minimum absolute atomic E-state index is 0.0129. The molecule has 7 heteroatoms. The quantitative estimate of drug-likeness (QED) is 0.874. The van der Waals surface area contributed by atoms with Crippen molar-refractivity contribution in [2.75, 3.05) is 5.32 Å². The summed E-state index contributed by atoms with van der Waals surface area (Å²) in [5, 5.41) is 2.58. The van der Waals surface area contributed by atoms with Crippen molar-refractivity contribution in [1.82, 2.24) is 0 Å². The summed E-state index contributed by atoms with van der Waals surface area (Å²) in [7, 11) is 0. The minimum atomic E-state index is -2.91. The van der Waals surface area contributed by atoms with E-state index in [1.807, 2.05) is 0 Å². The fraction of sp³-hybridized carbons (Fsp3) is 0.176. The molecule has 0 bridgehead atoms. The van der Waals surface area contributed by atoms with E-state index in [2.05, 4.69) is 10.1 Å². The van der Waals surface area contributed by atoms with E-state index in [1.165, 1.54) is 24.3 Å². The van der Waals surface area contributed by atoms with E-state index in [0.717, 1.165) is 5.56 Å². The Morgan fingerprint density at radius 3 is 2.58 bits per heavy atom. The minimum Gasteiger partial charge on any atom is -0.448 e. The van der Waals surface area contributed by atoms with Gasteiger partial charge in [-0.15, -0.1) is 0 Å². The van der Waals surface area contributed by atoms with Crippen LogP contribution in [0.25, 0.3) is 0 Å². The molecule has 0 aromatic heterocycles. The maximum atomic E-state index is 12.2. The normalized spacial score (nSPS) is 16.3. The summed E-state index contributed by atoms with van der Waals surface area (Å²) in [6.45, 7) is -2.91.